The summed E-state index contributed by atoms with van der Waals surface area (Å²) in [7, 11) is 0. The summed E-state index contributed by atoms with van der Waals surface area (Å²) in [6, 6.07) is 25.8. The topological polar surface area (TPSA) is 58.6 Å². The molecule has 0 saturated heterocycles. The number of anilines is 1. The van der Waals surface area contributed by atoms with Gasteiger partial charge in [0.25, 0.3) is 0 Å². The summed E-state index contributed by atoms with van der Waals surface area (Å²) in [5.74, 6) is -0.224. The molecule has 0 spiro atoms. The Morgan fingerprint density at radius 1 is 0.892 bits per heavy atom. The van der Waals surface area contributed by atoms with Crippen molar-refractivity contribution in [2.75, 3.05) is 18.5 Å². The average molecular weight is 519 g/mol. The SMILES string of the molecule is CCCCCCN(C(=O)Nc1cccc(Sc2cccc(CC(=O)OCC)c2)c1)C(C)c1ccccc1. The maximum absolute atomic E-state index is 13.4. The van der Waals surface area contributed by atoms with Gasteiger partial charge in [-0.3, -0.25) is 4.79 Å². The van der Waals surface area contributed by atoms with Crippen LogP contribution in [0.1, 0.15) is 63.6 Å². The fraction of sp³-hybridized carbons (Fsp3) is 0.355. The van der Waals surface area contributed by atoms with Crippen molar-refractivity contribution in [3.05, 3.63) is 90.0 Å². The highest BCUT2D eigenvalue weighted by Gasteiger charge is 2.21. The molecule has 0 saturated carbocycles. The summed E-state index contributed by atoms with van der Waals surface area (Å²) in [5, 5.41) is 3.12. The van der Waals surface area contributed by atoms with Crippen LogP contribution in [-0.4, -0.2) is 30.1 Å². The van der Waals surface area contributed by atoms with Crippen molar-refractivity contribution < 1.29 is 14.3 Å². The third kappa shape index (κ3) is 9.29. The Morgan fingerprint density at radius 3 is 2.35 bits per heavy atom. The number of hydrogen-bond acceptors (Lipinski definition) is 4. The molecule has 196 valence electrons. The minimum atomic E-state index is -0.224. The fourth-order valence-electron chi connectivity index (χ4n) is 4.16. The summed E-state index contributed by atoms with van der Waals surface area (Å²) in [6.45, 7) is 7.18. The highest BCUT2D eigenvalue weighted by atomic mass is 32.2. The molecular formula is C31H38N2O3S. The number of unbranched alkanes of at least 4 members (excludes halogenated alkanes) is 3. The quantitative estimate of drug-likeness (QED) is 0.183. The molecule has 6 heteroatoms. The van der Waals surface area contributed by atoms with Crippen LogP contribution in [-0.2, 0) is 16.0 Å². The minimum Gasteiger partial charge on any atom is -0.466 e. The summed E-state index contributed by atoms with van der Waals surface area (Å²) in [4.78, 5) is 29.2. The minimum absolute atomic E-state index is 0.0254. The number of benzene rings is 3. The van der Waals surface area contributed by atoms with E-state index in [2.05, 4.69) is 31.3 Å². The lowest BCUT2D eigenvalue weighted by molar-refractivity contribution is -0.142. The highest BCUT2D eigenvalue weighted by molar-refractivity contribution is 7.99. The summed E-state index contributed by atoms with van der Waals surface area (Å²) >= 11 is 1.60. The zero-order valence-electron chi connectivity index (χ0n) is 22.1. The van der Waals surface area contributed by atoms with Crippen molar-refractivity contribution in [2.45, 2.75) is 68.7 Å². The lowest BCUT2D eigenvalue weighted by Gasteiger charge is -2.30. The van der Waals surface area contributed by atoms with Gasteiger partial charge in [0.2, 0.25) is 0 Å². The van der Waals surface area contributed by atoms with Gasteiger partial charge in [-0.15, -0.1) is 0 Å². The van der Waals surface area contributed by atoms with Gasteiger partial charge in [-0.2, -0.15) is 0 Å². The number of ether oxygens (including phenoxy) is 1. The molecule has 0 fully saturated rings. The van der Waals surface area contributed by atoms with E-state index in [4.69, 9.17) is 4.74 Å². The number of rotatable bonds is 13. The van der Waals surface area contributed by atoms with Crippen molar-refractivity contribution >= 4 is 29.4 Å². The first kappa shape index (κ1) is 28.3. The average Bonchev–Trinajstić information content (AvgIpc) is 2.89. The number of amides is 2. The molecule has 37 heavy (non-hydrogen) atoms. The summed E-state index contributed by atoms with van der Waals surface area (Å²) < 4.78 is 5.07. The third-order valence-electron chi connectivity index (χ3n) is 6.14. The van der Waals surface area contributed by atoms with Crippen molar-refractivity contribution in [3.63, 3.8) is 0 Å². The Hall–Kier alpha value is -3.25. The largest absolute Gasteiger partial charge is 0.466 e. The van der Waals surface area contributed by atoms with Gasteiger partial charge in [0, 0.05) is 22.0 Å². The zero-order valence-corrected chi connectivity index (χ0v) is 22.9. The maximum Gasteiger partial charge on any atom is 0.322 e. The van der Waals surface area contributed by atoms with Crippen LogP contribution in [0.3, 0.4) is 0 Å². The molecule has 5 nitrogen and oxygen atoms in total. The number of nitrogens with one attached hydrogen (secondary N) is 1. The Kier molecular flexibility index (Phi) is 11.6. The van der Waals surface area contributed by atoms with E-state index in [-0.39, 0.29) is 24.5 Å². The normalized spacial score (nSPS) is 11.5. The highest BCUT2D eigenvalue weighted by Crippen LogP contribution is 2.30. The standard InChI is InChI=1S/C31H38N2O3S/c1-4-6-7-11-20-33(24(3)26-15-9-8-10-16-26)31(35)32-27-17-13-19-29(23-27)37-28-18-12-14-25(21-28)22-30(34)36-5-2/h8-10,12-19,21,23-24H,4-7,11,20,22H2,1-3H3,(H,32,35). The van der Waals surface area contributed by atoms with Crippen LogP contribution in [0.5, 0.6) is 0 Å². The molecule has 1 unspecified atom stereocenters. The van der Waals surface area contributed by atoms with E-state index in [9.17, 15) is 9.59 Å². The molecule has 0 aliphatic heterocycles. The lowest BCUT2D eigenvalue weighted by atomic mass is 10.1. The summed E-state index contributed by atoms with van der Waals surface area (Å²) in [6.07, 6.45) is 4.69. The van der Waals surface area contributed by atoms with E-state index in [1.54, 1.807) is 11.8 Å². The Balaban J connectivity index is 1.69. The van der Waals surface area contributed by atoms with Crippen molar-refractivity contribution in [1.82, 2.24) is 4.90 Å². The van der Waals surface area contributed by atoms with Gasteiger partial charge < -0.3 is 15.0 Å². The monoisotopic (exact) mass is 518 g/mol. The predicted molar refractivity (Wildman–Crippen MR) is 152 cm³/mol. The van der Waals surface area contributed by atoms with Gasteiger partial charge in [0.05, 0.1) is 19.1 Å². The van der Waals surface area contributed by atoms with Gasteiger partial charge in [-0.25, -0.2) is 4.79 Å². The molecule has 0 aliphatic carbocycles. The lowest BCUT2D eigenvalue weighted by Crippen LogP contribution is -2.37. The van der Waals surface area contributed by atoms with Gasteiger partial charge in [0.1, 0.15) is 0 Å². The number of hydrogen-bond donors (Lipinski definition) is 1. The number of esters is 1. The molecule has 3 aromatic carbocycles. The third-order valence-corrected chi connectivity index (χ3v) is 7.12. The van der Waals surface area contributed by atoms with Gasteiger partial charge in [0.15, 0.2) is 0 Å². The summed E-state index contributed by atoms with van der Waals surface area (Å²) in [5.41, 5.74) is 2.80. The molecule has 1 N–H and O–H groups in total. The predicted octanol–water partition coefficient (Wildman–Crippen LogP) is 8.12. The van der Waals surface area contributed by atoms with E-state index < -0.39 is 0 Å². The zero-order chi connectivity index (χ0) is 26.5. The number of urea groups is 1. The smallest absolute Gasteiger partial charge is 0.322 e. The molecule has 3 rings (SSSR count). The molecular weight excluding hydrogens is 480 g/mol. The van der Waals surface area contributed by atoms with Crippen molar-refractivity contribution in [2.24, 2.45) is 0 Å². The Bertz CT molecular complexity index is 1140. The second-order valence-electron chi connectivity index (χ2n) is 9.03. The first-order valence-electron chi connectivity index (χ1n) is 13.1. The molecule has 0 heterocycles. The van der Waals surface area contributed by atoms with Gasteiger partial charge in [-0.1, -0.05) is 86.5 Å². The van der Waals surface area contributed by atoms with Crippen LogP contribution in [0.4, 0.5) is 10.5 Å². The molecule has 3 aromatic rings. The van der Waals surface area contributed by atoms with E-state index in [0.717, 1.165) is 45.9 Å². The van der Waals surface area contributed by atoms with E-state index in [0.29, 0.717) is 13.2 Å². The van der Waals surface area contributed by atoms with Crippen molar-refractivity contribution in [3.8, 4) is 0 Å². The van der Waals surface area contributed by atoms with E-state index in [1.807, 2.05) is 78.6 Å². The second-order valence-corrected chi connectivity index (χ2v) is 10.2. The molecule has 1 atom stereocenters. The van der Waals surface area contributed by atoms with E-state index >= 15 is 0 Å². The van der Waals surface area contributed by atoms with Gasteiger partial charge in [-0.05, 0) is 61.7 Å². The Labute approximate surface area is 225 Å². The van der Waals surface area contributed by atoms with Crippen LogP contribution < -0.4 is 5.32 Å². The maximum atomic E-state index is 13.4. The Morgan fingerprint density at radius 2 is 1.62 bits per heavy atom. The molecule has 0 radical (unpaired) electrons. The van der Waals surface area contributed by atoms with Crippen LogP contribution in [0.15, 0.2) is 88.7 Å². The first-order valence-corrected chi connectivity index (χ1v) is 14.0. The van der Waals surface area contributed by atoms with Crippen molar-refractivity contribution in [1.29, 1.82) is 0 Å². The number of nitrogens with zero attached hydrogens (tertiary/aromatic N) is 1. The number of carbonyl (C=O) groups excluding carboxylic acids is 2. The van der Waals surface area contributed by atoms with Crippen LogP contribution in [0.2, 0.25) is 0 Å². The van der Waals surface area contributed by atoms with E-state index in [1.165, 1.54) is 6.42 Å². The molecule has 2 amide bonds. The second kappa shape index (κ2) is 15.1. The molecule has 0 aromatic heterocycles. The fourth-order valence-corrected chi connectivity index (χ4v) is 5.12. The number of carbonyl (C=O) groups is 2. The molecule has 0 aliphatic rings. The first-order chi connectivity index (χ1) is 18.0. The van der Waals surface area contributed by atoms with Crippen LogP contribution in [0, 0.1) is 0 Å². The van der Waals surface area contributed by atoms with Crippen LogP contribution in [0.25, 0.3) is 0 Å². The van der Waals surface area contributed by atoms with Gasteiger partial charge >= 0.3 is 12.0 Å². The van der Waals surface area contributed by atoms with Crippen LogP contribution >= 0.6 is 11.8 Å². The molecule has 0 bridgehead atoms.